The van der Waals surface area contributed by atoms with E-state index in [9.17, 15) is 9.59 Å². The largest absolute Gasteiger partial charge is 0.477 e. The Bertz CT molecular complexity index is 554. The maximum atomic E-state index is 12.2. The van der Waals surface area contributed by atoms with E-state index in [1.807, 2.05) is 6.08 Å². The van der Waals surface area contributed by atoms with Gasteiger partial charge in [0, 0.05) is 20.2 Å². The molecule has 2 rings (SSSR count). The second kappa shape index (κ2) is 6.29. The third-order valence-corrected chi connectivity index (χ3v) is 3.11. The summed E-state index contributed by atoms with van der Waals surface area (Å²) in [4.78, 5) is 28.6. The summed E-state index contributed by atoms with van der Waals surface area (Å²) in [6.07, 6.45) is 2.73. The molecule has 0 bridgehead atoms. The van der Waals surface area contributed by atoms with Gasteiger partial charge in [0.1, 0.15) is 11.4 Å². The Morgan fingerprint density at radius 1 is 1.40 bits per heavy atom. The number of carbonyl (C=O) groups excluding carboxylic acids is 1. The fourth-order valence-corrected chi connectivity index (χ4v) is 2.05. The van der Waals surface area contributed by atoms with Crippen LogP contribution >= 0.6 is 0 Å². The van der Waals surface area contributed by atoms with Crippen molar-refractivity contribution in [2.75, 3.05) is 26.8 Å². The lowest BCUT2D eigenvalue weighted by Gasteiger charge is -2.26. The molecule has 1 aliphatic heterocycles. The summed E-state index contributed by atoms with van der Waals surface area (Å²) in [6, 6.07) is 4.43. The van der Waals surface area contributed by atoms with Gasteiger partial charge in [-0.1, -0.05) is 12.1 Å². The van der Waals surface area contributed by atoms with E-state index in [4.69, 9.17) is 9.84 Å². The number of carboxylic acids is 1. The monoisotopic (exact) mass is 276 g/mol. The zero-order chi connectivity index (χ0) is 14.5. The molecule has 0 spiro atoms. The van der Waals surface area contributed by atoms with Crippen molar-refractivity contribution >= 4 is 11.9 Å². The van der Waals surface area contributed by atoms with Crippen molar-refractivity contribution in [2.24, 2.45) is 0 Å². The lowest BCUT2D eigenvalue weighted by molar-refractivity contribution is 0.0690. The highest BCUT2D eigenvalue weighted by atomic mass is 16.5. The molecule has 0 fully saturated rings. The minimum Gasteiger partial charge on any atom is -0.477 e. The van der Waals surface area contributed by atoms with Gasteiger partial charge < -0.3 is 14.7 Å². The van der Waals surface area contributed by atoms with Gasteiger partial charge in [0.05, 0.1) is 6.61 Å². The van der Waals surface area contributed by atoms with E-state index in [0.29, 0.717) is 19.7 Å². The highest BCUT2D eigenvalue weighted by molar-refractivity contribution is 5.94. The molecule has 0 aliphatic carbocycles. The topological polar surface area (TPSA) is 79.7 Å². The van der Waals surface area contributed by atoms with E-state index in [1.54, 1.807) is 12.0 Å². The number of methoxy groups -OCH3 is 1. The Kier molecular flexibility index (Phi) is 4.47. The van der Waals surface area contributed by atoms with Crippen LogP contribution in [0.5, 0.6) is 0 Å². The number of carboxylic acid groups (broad SMARTS) is 1. The van der Waals surface area contributed by atoms with Crippen molar-refractivity contribution in [1.29, 1.82) is 0 Å². The third kappa shape index (κ3) is 3.21. The van der Waals surface area contributed by atoms with Crippen molar-refractivity contribution in [3.63, 3.8) is 0 Å². The maximum absolute atomic E-state index is 12.2. The molecule has 0 unspecified atom stereocenters. The molecule has 0 radical (unpaired) electrons. The van der Waals surface area contributed by atoms with Crippen LogP contribution in [0, 0.1) is 0 Å². The van der Waals surface area contributed by atoms with Gasteiger partial charge >= 0.3 is 5.97 Å². The summed E-state index contributed by atoms with van der Waals surface area (Å²) in [5, 5.41) is 8.88. The molecule has 20 heavy (non-hydrogen) atoms. The van der Waals surface area contributed by atoms with Crippen LogP contribution in [0.15, 0.2) is 29.8 Å². The first kappa shape index (κ1) is 14.2. The van der Waals surface area contributed by atoms with Gasteiger partial charge in [0.2, 0.25) is 0 Å². The molecule has 1 amide bonds. The first-order valence-electron chi connectivity index (χ1n) is 6.28. The average molecular weight is 276 g/mol. The molecule has 0 atom stereocenters. The number of hydrogen-bond donors (Lipinski definition) is 1. The van der Waals surface area contributed by atoms with Crippen LogP contribution in [0.3, 0.4) is 0 Å². The van der Waals surface area contributed by atoms with Crippen LogP contribution < -0.4 is 0 Å². The highest BCUT2D eigenvalue weighted by Gasteiger charge is 2.20. The molecule has 2 heterocycles. The van der Waals surface area contributed by atoms with E-state index in [-0.39, 0.29) is 17.3 Å². The number of pyridine rings is 1. The predicted molar refractivity (Wildman–Crippen MR) is 71.7 cm³/mol. The number of carbonyl (C=O) groups is 2. The summed E-state index contributed by atoms with van der Waals surface area (Å²) in [6.45, 7) is 1.66. The Labute approximate surface area is 116 Å². The number of aromatic carboxylic acids is 1. The van der Waals surface area contributed by atoms with Crippen LogP contribution in [0.25, 0.3) is 0 Å². The SMILES string of the molecule is COCC1=CCN(C(=O)c2cccc(C(=O)O)n2)CC1. The van der Waals surface area contributed by atoms with Crippen LogP contribution in [0.2, 0.25) is 0 Å². The van der Waals surface area contributed by atoms with E-state index < -0.39 is 5.97 Å². The zero-order valence-corrected chi connectivity index (χ0v) is 11.2. The van der Waals surface area contributed by atoms with E-state index in [0.717, 1.165) is 6.42 Å². The van der Waals surface area contributed by atoms with Gasteiger partial charge in [0.15, 0.2) is 0 Å². The summed E-state index contributed by atoms with van der Waals surface area (Å²) < 4.78 is 5.05. The second-order valence-electron chi connectivity index (χ2n) is 4.51. The van der Waals surface area contributed by atoms with Gasteiger partial charge in [-0.05, 0) is 24.1 Å². The molecule has 6 heteroatoms. The zero-order valence-electron chi connectivity index (χ0n) is 11.2. The summed E-state index contributed by atoms with van der Waals surface area (Å²) >= 11 is 0. The maximum Gasteiger partial charge on any atom is 0.354 e. The fraction of sp³-hybridized carbons (Fsp3) is 0.357. The predicted octanol–water partition coefficient (Wildman–Crippen LogP) is 1.20. The number of amides is 1. The molecular formula is C14H16N2O4. The molecular weight excluding hydrogens is 260 g/mol. The first-order chi connectivity index (χ1) is 9.61. The molecule has 1 aromatic rings. The Balaban J connectivity index is 2.09. The molecule has 1 aromatic heterocycles. The van der Waals surface area contributed by atoms with Crippen molar-refractivity contribution < 1.29 is 19.4 Å². The molecule has 1 N–H and O–H groups in total. The lowest BCUT2D eigenvalue weighted by Crippen LogP contribution is -2.36. The van der Waals surface area contributed by atoms with Crippen molar-refractivity contribution in [1.82, 2.24) is 9.88 Å². The Hall–Kier alpha value is -2.21. The second-order valence-corrected chi connectivity index (χ2v) is 4.51. The fourth-order valence-electron chi connectivity index (χ4n) is 2.05. The van der Waals surface area contributed by atoms with Gasteiger partial charge in [-0.25, -0.2) is 9.78 Å². The van der Waals surface area contributed by atoms with Gasteiger partial charge in [-0.15, -0.1) is 0 Å². The normalized spacial score (nSPS) is 14.8. The van der Waals surface area contributed by atoms with Crippen molar-refractivity contribution in [3.8, 4) is 0 Å². The standard InChI is InChI=1S/C14H16N2O4/c1-20-9-10-5-7-16(8-6-10)13(17)11-3-2-4-12(15-11)14(18)19/h2-5H,6-9H2,1H3,(H,18,19). The molecule has 106 valence electrons. The van der Waals surface area contributed by atoms with Crippen LogP contribution in [-0.2, 0) is 4.74 Å². The number of rotatable bonds is 4. The number of nitrogens with zero attached hydrogens (tertiary/aromatic N) is 2. The lowest BCUT2D eigenvalue weighted by atomic mass is 10.1. The first-order valence-corrected chi connectivity index (χ1v) is 6.28. The quantitative estimate of drug-likeness (QED) is 0.836. The highest BCUT2D eigenvalue weighted by Crippen LogP contribution is 2.13. The minimum absolute atomic E-state index is 0.122. The van der Waals surface area contributed by atoms with Gasteiger partial charge in [0.25, 0.3) is 5.91 Å². The molecule has 1 aliphatic rings. The van der Waals surface area contributed by atoms with E-state index >= 15 is 0 Å². The third-order valence-electron chi connectivity index (χ3n) is 3.11. The van der Waals surface area contributed by atoms with Crippen LogP contribution in [0.1, 0.15) is 27.4 Å². The summed E-state index contributed by atoms with van der Waals surface area (Å²) in [7, 11) is 1.64. The number of hydrogen-bond acceptors (Lipinski definition) is 4. The Morgan fingerprint density at radius 2 is 2.15 bits per heavy atom. The minimum atomic E-state index is -1.14. The molecule has 0 saturated heterocycles. The van der Waals surface area contributed by atoms with Crippen molar-refractivity contribution in [2.45, 2.75) is 6.42 Å². The van der Waals surface area contributed by atoms with Crippen LogP contribution in [-0.4, -0.2) is 53.7 Å². The molecule has 0 aromatic carbocycles. The number of ether oxygens (including phenoxy) is 1. The summed E-state index contributed by atoms with van der Waals surface area (Å²) in [5.41, 5.74) is 1.21. The summed E-state index contributed by atoms with van der Waals surface area (Å²) in [5.74, 6) is -1.39. The molecule has 6 nitrogen and oxygen atoms in total. The van der Waals surface area contributed by atoms with E-state index in [2.05, 4.69) is 4.98 Å². The van der Waals surface area contributed by atoms with Gasteiger partial charge in [-0.2, -0.15) is 0 Å². The van der Waals surface area contributed by atoms with E-state index in [1.165, 1.54) is 23.8 Å². The van der Waals surface area contributed by atoms with Gasteiger partial charge in [-0.3, -0.25) is 4.79 Å². The van der Waals surface area contributed by atoms with Crippen molar-refractivity contribution in [3.05, 3.63) is 41.2 Å². The Morgan fingerprint density at radius 3 is 2.75 bits per heavy atom. The van der Waals surface area contributed by atoms with Crippen LogP contribution in [0.4, 0.5) is 0 Å². The smallest absolute Gasteiger partial charge is 0.354 e. The molecule has 0 saturated carbocycles. The average Bonchev–Trinajstić information content (AvgIpc) is 2.48. The number of aromatic nitrogens is 1.